The Bertz CT molecular complexity index is 363. The Morgan fingerprint density at radius 3 is 2.82 bits per heavy atom. The Morgan fingerprint density at radius 1 is 1.41 bits per heavy atom. The molecule has 0 saturated heterocycles. The van der Waals surface area contributed by atoms with Gasteiger partial charge in [-0.25, -0.2) is 0 Å². The Hall–Kier alpha value is -1.55. The van der Waals surface area contributed by atoms with Gasteiger partial charge in [0.1, 0.15) is 12.4 Å². The molecule has 0 aliphatic rings. The molecule has 1 aromatic carbocycles. The minimum Gasteiger partial charge on any atom is -0.494 e. The van der Waals surface area contributed by atoms with Gasteiger partial charge >= 0.3 is 0 Å². The second kappa shape index (κ2) is 6.91. The van der Waals surface area contributed by atoms with Crippen LogP contribution in [0.1, 0.15) is 20.8 Å². The summed E-state index contributed by atoms with van der Waals surface area (Å²) < 4.78 is 10.6. The van der Waals surface area contributed by atoms with E-state index in [4.69, 9.17) is 9.47 Å². The predicted octanol–water partition coefficient (Wildman–Crippen LogP) is 2.45. The first kappa shape index (κ1) is 13.5. The van der Waals surface area contributed by atoms with Gasteiger partial charge in [-0.15, -0.1) is 0 Å². The van der Waals surface area contributed by atoms with E-state index < -0.39 is 0 Å². The lowest BCUT2D eigenvalue weighted by atomic mass is 10.3. The van der Waals surface area contributed by atoms with Crippen LogP contribution in [0.15, 0.2) is 24.3 Å². The first-order valence-corrected chi connectivity index (χ1v) is 5.76. The zero-order valence-electron chi connectivity index (χ0n) is 10.5. The van der Waals surface area contributed by atoms with Gasteiger partial charge in [-0.1, -0.05) is 6.07 Å². The smallest absolute Gasteiger partial charge is 0.250 e. The summed E-state index contributed by atoms with van der Waals surface area (Å²) in [5.74, 6) is 0.586. The van der Waals surface area contributed by atoms with Crippen molar-refractivity contribution in [2.75, 3.05) is 18.5 Å². The molecule has 94 valence electrons. The van der Waals surface area contributed by atoms with E-state index in [0.717, 1.165) is 5.75 Å². The molecule has 0 bridgehead atoms. The van der Waals surface area contributed by atoms with E-state index in [1.165, 1.54) is 0 Å². The lowest BCUT2D eigenvalue weighted by Crippen LogP contribution is -2.20. The number of amides is 1. The highest BCUT2D eigenvalue weighted by atomic mass is 16.5. The van der Waals surface area contributed by atoms with Gasteiger partial charge in [0.2, 0.25) is 5.91 Å². The van der Waals surface area contributed by atoms with E-state index in [2.05, 4.69) is 5.32 Å². The minimum atomic E-state index is -0.160. The average Bonchev–Trinajstić information content (AvgIpc) is 2.27. The molecular weight excluding hydrogens is 218 g/mol. The third kappa shape index (κ3) is 5.36. The molecule has 0 aromatic heterocycles. The van der Waals surface area contributed by atoms with Gasteiger partial charge in [0.15, 0.2) is 0 Å². The van der Waals surface area contributed by atoms with E-state index in [9.17, 15) is 4.79 Å². The molecule has 1 N–H and O–H groups in total. The second-order valence-electron chi connectivity index (χ2n) is 3.87. The topological polar surface area (TPSA) is 47.6 Å². The highest BCUT2D eigenvalue weighted by Crippen LogP contribution is 2.17. The van der Waals surface area contributed by atoms with Crippen molar-refractivity contribution < 1.29 is 14.3 Å². The van der Waals surface area contributed by atoms with Crippen LogP contribution in [0, 0.1) is 0 Å². The largest absolute Gasteiger partial charge is 0.494 e. The molecule has 1 aromatic rings. The highest BCUT2D eigenvalue weighted by Gasteiger charge is 2.04. The van der Waals surface area contributed by atoms with Crippen molar-refractivity contribution in [3.8, 4) is 5.75 Å². The highest BCUT2D eigenvalue weighted by molar-refractivity contribution is 5.91. The molecule has 0 heterocycles. The van der Waals surface area contributed by atoms with Crippen molar-refractivity contribution in [3.05, 3.63) is 24.3 Å². The molecule has 4 nitrogen and oxygen atoms in total. The number of ether oxygens (including phenoxy) is 2. The van der Waals surface area contributed by atoms with Crippen LogP contribution in [0.4, 0.5) is 5.69 Å². The van der Waals surface area contributed by atoms with Gasteiger partial charge in [0.05, 0.1) is 12.7 Å². The minimum absolute atomic E-state index is 0.0514. The molecule has 1 rings (SSSR count). The fourth-order valence-corrected chi connectivity index (χ4v) is 1.27. The normalized spacial score (nSPS) is 10.4. The zero-order chi connectivity index (χ0) is 12.7. The maximum absolute atomic E-state index is 11.5. The summed E-state index contributed by atoms with van der Waals surface area (Å²) in [5, 5.41) is 2.75. The monoisotopic (exact) mass is 237 g/mol. The van der Waals surface area contributed by atoms with Crippen molar-refractivity contribution in [3.63, 3.8) is 0 Å². The first-order valence-electron chi connectivity index (χ1n) is 5.76. The Kier molecular flexibility index (Phi) is 5.49. The van der Waals surface area contributed by atoms with E-state index in [0.29, 0.717) is 12.3 Å². The molecule has 0 aliphatic heterocycles. The van der Waals surface area contributed by atoms with Crippen LogP contribution in [0.3, 0.4) is 0 Å². The molecule has 0 saturated carbocycles. The summed E-state index contributed by atoms with van der Waals surface area (Å²) in [6, 6.07) is 7.29. The van der Waals surface area contributed by atoms with Crippen LogP contribution in [0.2, 0.25) is 0 Å². The SMILES string of the molecule is CCOc1cccc(NC(=O)COC(C)C)c1. The van der Waals surface area contributed by atoms with Gasteiger partial charge in [-0.2, -0.15) is 0 Å². The van der Waals surface area contributed by atoms with Crippen LogP contribution in [0.25, 0.3) is 0 Å². The summed E-state index contributed by atoms with van der Waals surface area (Å²) in [7, 11) is 0. The summed E-state index contributed by atoms with van der Waals surface area (Å²) in [6.45, 7) is 6.37. The zero-order valence-corrected chi connectivity index (χ0v) is 10.5. The second-order valence-corrected chi connectivity index (χ2v) is 3.87. The molecule has 4 heteroatoms. The van der Waals surface area contributed by atoms with Crippen LogP contribution < -0.4 is 10.1 Å². The average molecular weight is 237 g/mol. The van der Waals surface area contributed by atoms with Gasteiger partial charge in [0, 0.05) is 11.8 Å². The predicted molar refractivity (Wildman–Crippen MR) is 67.3 cm³/mol. The van der Waals surface area contributed by atoms with Crippen LogP contribution >= 0.6 is 0 Å². The fourth-order valence-electron chi connectivity index (χ4n) is 1.27. The summed E-state index contributed by atoms with van der Waals surface area (Å²) >= 11 is 0. The van der Waals surface area contributed by atoms with Gasteiger partial charge < -0.3 is 14.8 Å². The number of hydrogen-bond donors (Lipinski definition) is 1. The Labute approximate surface area is 102 Å². The third-order valence-electron chi connectivity index (χ3n) is 1.98. The number of anilines is 1. The van der Waals surface area contributed by atoms with Crippen molar-refractivity contribution in [2.24, 2.45) is 0 Å². The lowest BCUT2D eigenvalue weighted by molar-refractivity contribution is -0.121. The molecule has 0 aliphatic carbocycles. The number of carbonyl (C=O) groups excluding carboxylic acids is 1. The quantitative estimate of drug-likeness (QED) is 0.826. The molecule has 17 heavy (non-hydrogen) atoms. The lowest BCUT2D eigenvalue weighted by Gasteiger charge is -2.09. The summed E-state index contributed by atoms with van der Waals surface area (Å²) in [6.07, 6.45) is 0.0514. The van der Waals surface area contributed by atoms with Gasteiger partial charge in [-0.05, 0) is 32.9 Å². The molecular formula is C13H19NO3. The van der Waals surface area contributed by atoms with E-state index in [1.807, 2.05) is 39.0 Å². The van der Waals surface area contributed by atoms with E-state index in [1.54, 1.807) is 6.07 Å². The van der Waals surface area contributed by atoms with Gasteiger partial charge in [-0.3, -0.25) is 4.79 Å². The third-order valence-corrected chi connectivity index (χ3v) is 1.98. The van der Waals surface area contributed by atoms with Crippen LogP contribution in [0.5, 0.6) is 5.75 Å². The molecule has 0 spiro atoms. The van der Waals surface area contributed by atoms with Crippen molar-refractivity contribution in [1.29, 1.82) is 0 Å². The number of hydrogen-bond acceptors (Lipinski definition) is 3. The van der Waals surface area contributed by atoms with Crippen molar-refractivity contribution in [1.82, 2.24) is 0 Å². The fraction of sp³-hybridized carbons (Fsp3) is 0.462. The Balaban J connectivity index is 2.50. The maximum Gasteiger partial charge on any atom is 0.250 e. The maximum atomic E-state index is 11.5. The van der Waals surface area contributed by atoms with E-state index >= 15 is 0 Å². The molecule has 0 unspecified atom stereocenters. The van der Waals surface area contributed by atoms with Crippen LogP contribution in [-0.2, 0) is 9.53 Å². The first-order chi connectivity index (χ1) is 8.11. The summed E-state index contributed by atoms with van der Waals surface area (Å²) in [4.78, 5) is 11.5. The van der Waals surface area contributed by atoms with Crippen LogP contribution in [-0.4, -0.2) is 25.2 Å². The van der Waals surface area contributed by atoms with Crippen molar-refractivity contribution >= 4 is 11.6 Å². The molecule has 1 amide bonds. The standard InChI is InChI=1S/C13H19NO3/c1-4-16-12-7-5-6-11(8-12)14-13(15)9-17-10(2)3/h5-8,10H,4,9H2,1-3H3,(H,14,15). The van der Waals surface area contributed by atoms with Crippen molar-refractivity contribution in [2.45, 2.75) is 26.9 Å². The summed E-state index contributed by atoms with van der Waals surface area (Å²) in [5.41, 5.74) is 0.716. The van der Waals surface area contributed by atoms with Gasteiger partial charge in [0.25, 0.3) is 0 Å². The molecule has 0 fully saturated rings. The van der Waals surface area contributed by atoms with E-state index in [-0.39, 0.29) is 18.6 Å². The number of nitrogens with one attached hydrogen (secondary N) is 1. The number of carbonyl (C=O) groups is 1. The molecule has 0 radical (unpaired) electrons. The number of rotatable bonds is 6. The Morgan fingerprint density at radius 2 is 2.18 bits per heavy atom. The number of benzene rings is 1. The molecule has 0 atom stereocenters.